The average Bonchev–Trinajstić information content (AvgIpc) is 3.31. The smallest absolute Gasteiger partial charge is 0.274 e. The van der Waals surface area contributed by atoms with Crippen molar-refractivity contribution in [3.8, 4) is 11.3 Å². The summed E-state index contributed by atoms with van der Waals surface area (Å²) in [5, 5.41) is 14.5. The Morgan fingerprint density at radius 1 is 1.14 bits per heavy atom. The van der Waals surface area contributed by atoms with Crippen molar-refractivity contribution < 1.29 is 4.79 Å². The highest BCUT2D eigenvalue weighted by atomic mass is 35.5. The molecule has 140 valence electrons. The van der Waals surface area contributed by atoms with Crippen LogP contribution in [0.25, 0.3) is 11.3 Å². The molecule has 6 nitrogen and oxygen atoms in total. The molecule has 7 heteroatoms. The molecule has 2 aromatic carbocycles. The molecule has 0 radical (unpaired) electrons. The van der Waals surface area contributed by atoms with Crippen LogP contribution >= 0.6 is 11.6 Å². The number of anilines is 1. The molecule has 0 unspecified atom stereocenters. The Kier molecular flexibility index (Phi) is 4.95. The Bertz CT molecular complexity index is 1100. The second-order valence-corrected chi connectivity index (χ2v) is 6.90. The Morgan fingerprint density at radius 3 is 2.64 bits per heavy atom. The minimum absolute atomic E-state index is 0.314. The summed E-state index contributed by atoms with van der Waals surface area (Å²) >= 11 is 6.23. The molecular formula is C21H18ClN5O. The summed E-state index contributed by atoms with van der Waals surface area (Å²) in [6.07, 6.45) is 1.69. The van der Waals surface area contributed by atoms with Gasteiger partial charge in [0.05, 0.1) is 12.2 Å². The molecule has 0 aliphatic carbocycles. The second kappa shape index (κ2) is 7.70. The Labute approximate surface area is 167 Å². The van der Waals surface area contributed by atoms with E-state index in [1.807, 2.05) is 61.5 Å². The molecule has 4 aromatic rings. The molecule has 2 N–H and O–H groups in total. The third kappa shape index (κ3) is 3.97. The first-order valence-electron chi connectivity index (χ1n) is 8.79. The molecule has 2 heterocycles. The standard InChI is InChI=1S/C21H18ClN5O/c1-14-7-9-16(10-8-14)18-11-19(25-24-18)21(28)23-20-17(22)13-27(26-20)12-15-5-3-2-4-6-15/h2-11,13H,12H2,1H3,(H,24,25)(H,23,26,28). The second-order valence-electron chi connectivity index (χ2n) is 6.50. The van der Waals surface area contributed by atoms with Crippen molar-refractivity contribution in [1.29, 1.82) is 0 Å². The van der Waals surface area contributed by atoms with Gasteiger partial charge in [-0.25, -0.2) is 0 Å². The molecule has 0 aliphatic heterocycles. The van der Waals surface area contributed by atoms with E-state index in [0.29, 0.717) is 28.8 Å². The van der Waals surface area contributed by atoms with Gasteiger partial charge >= 0.3 is 0 Å². The van der Waals surface area contributed by atoms with E-state index in [2.05, 4.69) is 20.6 Å². The van der Waals surface area contributed by atoms with Gasteiger partial charge in [0, 0.05) is 11.8 Å². The number of nitrogens with zero attached hydrogens (tertiary/aromatic N) is 3. The first-order valence-corrected chi connectivity index (χ1v) is 9.17. The van der Waals surface area contributed by atoms with Gasteiger partial charge in [0.1, 0.15) is 10.7 Å². The monoisotopic (exact) mass is 391 g/mol. The van der Waals surface area contributed by atoms with Gasteiger partial charge in [-0.1, -0.05) is 71.8 Å². The fourth-order valence-electron chi connectivity index (χ4n) is 2.82. The predicted octanol–water partition coefficient (Wildman–Crippen LogP) is 4.54. The highest BCUT2D eigenvalue weighted by Crippen LogP contribution is 2.22. The highest BCUT2D eigenvalue weighted by molar-refractivity contribution is 6.33. The van der Waals surface area contributed by atoms with Crippen LogP contribution in [0.5, 0.6) is 0 Å². The number of aryl methyl sites for hydroxylation is 1. The highest BCUT2D eigenvalue weighted by Gasteiger charge is 2.15. The number of carbonyl (C=O) groups excluding carboxylic acids is 1. The van der Waals surface area contributed by atoms with Gasteiger partial charge in [-0.15, -0.1) is 0 Å². The number of amides is 1. The Hall–Kier alpha value is -3.38. The van der Waals surface area contributed by atoms with E-state index in [4.69, 9.17) is 11.6 Å². The fourth-order valence-corrected chi connectivity index (χ4v) is 3.02. The maximum atomic E-state index is 12.5. The first kappa shape index (κ1) is 18.0. The quantitative estimate of drug-likeness (QED) is 0.524. The number of carbonyl (C=O) groups is 1. The van der Waals surface area contributed by atoms with Crippen LogP contribution in [0.4, 0.5) is 5.82 Å². The molecule has 28 heavy (non-hydrogen) atoms. The van der Waals surface area contributed by atoms with Gasteiger partial charge in [-0.3, -0.25) is 14.6 Å². The van der Waals surface area contributed by atoms with Crippen LogP contribution < -0.4 is 5.32 Å². The molecule has 0 saturated carbocycles. The zero-order valence-corrected chi connectivity index (χ0v) is 15.9. The van der Waals surface area contributed by atoms with Crippen LogP contribution in [0, 0.1) is 6.92 Å². The van der Waals surface area contributed by atoms with Crippen LogP contribution in [0.15, 0.2) is 66.9 Å². The van der Waals surface area contributed by atoms with Crippen LogP contribution in [-0.2, 0) is 6.54 Å². The fraction of sp³-hybridized carbons (Fsp3) is 0.0952. The molecule has 0 bridgehead atoms. The number of benzene rings is 2. The normalized spacial score (nSPS) is 10.8. The summed E-state index contributed by atoms with van der Waals surface area (Å²) in [4.78, 5) is 12.5. The largest absolute Gasteiger partial charge is 0.302 e. The van der Waals surface area contributed by atoms with E-state index in [9.17, 15) is 4.79 Å². The lowest BCUT2D eigenvalue weighted by molar-refractivity contribution is 0.102. The lowest BCUT2D eigenvalue weighted by Gasteiger charge is -2.02. The van der Waals surface area contributed by atoms with Gasteiger partial charge in [0.25, 0.3) is 5.91 Å². The van der Waals surface area contributed by atoms with Crippen molar-refractivity contribution in [3.05, 3.63) is 88.7 Å². The van der Waals surface area contributed by atoms with Crippen molar-refractivity contribution in [3.63, 3.8) is 0 Å². The van der Waals surface area contributed by atoms with Crippen LogP contribution in [0.3, 0.4) is 0 Å². The summed E-state index contributed by atoms with van der Waals surface area (Å²) in [6.45, 7) is 2.59. The van der Waals surface area contributed by atoms with Gasteiger partial charge in [0.15, 0.2) is 5.82 Å². The predicted molar refractivity (Wildman–Crippen MR) is 109 cm³/mol. The molecule has 0 aliphatic rings. The van der Waals surface area contributed by atoms with E-state index in [1.54, 1.807) is 16.9 Å². The average molecular weight is 392 g/mol. The summed E-state index contributed by atoms with van der Waals surface area (Å²) in [5.74, 6) is -0.0354. The van der Waals surface area contributed by atoms with E-state index < -0.39 is 0 Å². The third-order valence-corrected chi connectivity index (χ3v) is 4.58. The van der Waals surface area contributed by atoms with E-state index >= 15 is 0 Å². The van der Waals surface area contributed by atoms with Crippen molar-refractivity contribution in [2.75, 3.05) is 5.32 Å². The summed E-state index contributed by atoms with van der Waals surface area (Å²) in [6, 6.07) is 19.5. The number of aromatic nitrogens is 4. The van der Waals surface area contributed by atoms with E-state index in [1.165, 1.54) is 0 Å². The number of halogens is 1. The summed E-state index contributed by atoms with van der Waals surface area (Å²) in [5.41, 5.74) is 4.23. The first-order chi connectivity index (χ1) is 13.6. The maximum absolute atomic E-state index is 12.5. The minimum Gasteiger partial charge on any atom is -0.302 e. The Balaban J connectivity index is 1.47. The summed E-state index contributed by atoms with van der Waals surface area (Å²) in [7, 11) is 0. The number of H-pyrrole nitrogens is 1. The van der Waals surface area contributed by atoms with Gasteiger partial charge < -0.3 is 5.32 Å². The lowest BCUT2D eigenvalue weighted by Crippen LogP contribution is -2.13. The molecule has 0 spiro atoms. The topological polar surface area (TPSA) is 75.6 Å². The number of hydrogen-bond donors (Lipinski definition) is 2. The SMILES string of the molecule is Cc1ccc(-c2cc(C(=O)Nc3nn(Cc4ccccc4)cc3Cl)[nH]n2)cc1. The van der Waals surface area contributed by atoms with Crippen LogP contribution in [0.1, 0.15) is 21.6 Å². The molecule has 0 fully saturated rings. The van der Waals surface area contributed by atoms with Crippen molar-refractivity contribution in [2.24, 2.45) is 0 Å². The van der Waals surface area contributed by atoms with E-state index in [0.717, 1.165) is 16.7 Å². The van der Waals surface area contributed by atoms with Gasteiger partial charge in [0.2, 0.25) is 0 Å². The molecule has 2 aromatic heterocycles. The minimum atomic E-state index is -0.349. The number of rotatable bonds is 5. The zero-order chi connectivity index (χ0) is 19.5. The molecule has 4 rings (SSSR count). The number of aromatic amines is 1. The van der Waals surface area contributed by atoms with Gasteiger partial charge in [-0.05, 0) is 18.6 Å². The Morgan fingerprint density at radius 2 is 1.89 bits per heavy atom. The van der Waals surface area contributed by atoms with Crippen LogP contribution in [-0.4, -0.2) is 25.9 Å². The number of hydrogen-bond acceptors (Lipinski definition) is 3. The lowest BCUT2D eigenvalue weighted by atomic mass is 10.1. The van der Waals surface area contributed by atoms with E-state index in [-0.39, 0.29) is 5.91 Å². The molecule has 0 atom stereocenters. The third-order valence-electron chi connectivity index (χ3n) is 4.31. The van der Waals surface area contributed by atoms with Crippen molar-refractivity contribution >= 4 is 23.3 Å². The number of nitrogens with one attached hydrogen (secondary N) is 2. The maximum Gasteiger partial charge on any atom is 0.274 e. The van der Waals surface area contributed by atoms with Crippen molar-refractivity contribution in [2.45, 2.75) is 13.5 Å². The molecule has 1 amide bonds. The molecular weight excluding hydrogens is 374 g/mol. The molecule has 0 saturated heterocycles. The zero-order valence-electron chi connectivity index (χ0n) is 15.2. The van der Waals surface area contributed by atoms with Crippen molar-refractivity contribution in [1.82, 2.24) is 20.0 Å². The summed E-state index contributed by atoms with van der Waals surface area (Å²) < 4.78 is 1.69. The van der Waals surface area contributed by atoms with Gasteiger partial charge in [-0.2, -0.15) is 10.2 Å². The van der Waals surface area contributed by atoms with Crippen LogP contribution in [0.2, 0.25) is 5.02 Å².